The topological polar surface area (TPSA) is 82.4 Å². The molecule has 0 aliphatic rings. The Hall–Kier alpha value is -2.26. The molecule has 0 atom stereocenters. The van der Waals surface area contributed by atoms with Gasteiger partial charge in [-0.15, -0.1) is 0 Å². The zero-order valence-electron chi connectivity index (χ0n) is 12.6. The number of nitrogens with zero attached hydrogens (tertiary/aromatic N) is 2. The summed E-state index contributed by atoms with van der Waals surface area (Å²) in [5.41, 5.74) is 0.412. The molecule has 0 aromatic heterocycles. The highest BCUT2D eigenvalue weighted by molar-refractivity contribution is 6.32. The van der Waals surface area contributed by atoms with Crippen molar-refractivity contribution in [1.29, 1.82) is 5.26 Å². The summed E-state index contributed by atoms with van der Waals surface area (Å²) in [5, 5.41) is 11.7. The summed E-state index contributed by atoms with van der Waals surface area (Å²) in [7, 11) is 0. The lowest BCUT2D eigenvalue weighted by molar-refractivity contribution is -0.137. The third kappa shape index (κ3) is 5.26. The van der Waals surface area contributed by atoms with Crippen molar-refractivity contribution in [1.82, 2.24) is 10.2 Å². The molecule has 0 saturated heterocycles. The largest absolute Gasteiger partial charge is 0.482 e. The molecule has 0 aliphatic carbocycles. The molecule has 0 saturated carbocycles. The van der Waals surface area contributed by atoms with Gasteiger partial charge in [-0.25, -0.2) is 0 Å². The Morgan fingerprint density at radius 2 is 2.14 bits per heavy atom. The maximum Gasteiger partial charge on any atom is 0.260 e. The van der Waals surface area contributed by atoms with Crippen LogP contribution in [0.4, 0.5) is 0 Å². The van der Waals surface area contributed by atoms with Gasteiger partial charge in [-0.2, -0.15) is 5.26 Å². The lowest BCUT2D eigenvalue weighted by atomic mass is 10.2. The van der Waals surface area contributed by atoms with Crippen LogP contribution < -0.4 is 10.1 Å². The zero-order valence-corrected chi connectivity index (χ0v) is 13.3. The van der Waals surface area contributed by atoms with Gasteiger partial charge in [0.1, 0.15) is 5.75 Å². The fourth-order valence-electron chi connectivity index (χ4n) is 1.72. The van der Waals surface area contributed by atoms with E-state index in [0.717, 1.165) is 0 Å². The molecule has 0 spiro atoms. The van der Waals surface area contributed by atoms with Crippen LogP contribution in [0.1, 0.15) is 19.4 Å². The van der Waals surface area contributed by atoms with E-state index in [9.17, 15) is 9.59 Å². The SMILES string of the molecule is CCNC(=O)CN(CC)C(=O)COc1ccc(C#N)cc1Cl. The van der Waals surface area contributed by atoms with Crippen molar-refractivity contribution in [2.45, 2.75) is 13.8 Å². The Morgan fingerprint density at radius 1 is 1.41 bits per heavy atom. The van der Waals surface area contributed by atoms with Gasteiger partial charge >= 0.3 is 0 Å². The molecule has 7 heteroatoms. The van der Waals surface area contributed by atoms with Crippen LogP contribution in [-0.4, -0.2) is 43.0 Å². The molecule has 2 amide bonds. The predicted octanol–water partition coefficient (Wildman–Crippen LogP) is 1.58. The van der Waals surface area contributed by atoms with Crippen LogP contribution in [0.15, 0.2) is 18.2 Å². The van der Waals surface area contributed by atoms with Crippen molar-refractivity contribution < 1.29 is 14.3 Å². The second kappa shape index (κ2) is 8.90. The van der Waals surface area contributed by atoms with Crippen LogP contribution in [0.3, 0.4) is 0 Å². The van der Waals surface area contributed by atoms with Crippen molar-refractivity contribution in [3.05, 3.63) is 28.8 Å². The first kappa shape index (κ1) is 17.8. The quantitative estimate of drug-likeness (QED) is 0.825. The molecule has 0 heterocycles. The van der Waals surface area contributed by atoms with Gasteiger partial charge in [0.25, 0.3) is 5.91 Å². The highest BCUT2D eigenvalue weighted by Gasteiger charge is 2.16. The summed E-state index contributed by atoms with van der Waals surface area (Å²) in [4.78, 5) is 25.0. The van der Waals surface area contributed by atoms with Crippen molar-refractivity contribution in [2.75, 3.05) is 26.2 Å². The predicted molar refractivity (Wildman–Crippen MR) is 82.6 cm³/mol. The third-order valence-corrected chi connectivity index (χ3v) is 3.15. The average Bonchev–Trinajstić information content (AvgIpc) is 2.51. The number of nitriles is 1. The molecule has 22 heavy (non-hydrogen) atoms. The number of halogens is 1. The van der Waals surface area contributed by atoms with Crippen LogP contribution in [0.2, 0.25) is 5.02 Å². The molecular weight excluding hydrogens is 306 g/mol. The van der Waals surface area contributed by atoms with Crippen molar-refractivity contribution in [3.63, 3.8) is 0 Å². The lowest BCUT2D eigenvalue weighted by Crippen LogP contribution is -2.42. The van der Waals surface area contributed by atoms with Gasteiger partial charge < -0.3 is 15.0 Å². The van der Waals surface area contributed by atoms with Gasteiger partial charge in [0, 0.05) is 13.1 Å². The molecule has 0 fully saturated rings. The van der Waals surface area contributed by atoms with Crippen LogP contribution in [0.5, 0.6) is 5.75 Å². The monoisotopic (exact) mass is 323 g/mol. The molecule has 0 bridgehead atoms. The molecular formula is C15H18ClN3O3. The van der Waals surface area contributed by atoms with Crippen LogP contribution in [0.25, 0.3) is 0 Å². The van der Waals surface area contributed by atoms with Crippen LogP contribution in [0, 0.1) is 11.3 Å². The molecule has 6 nitrogen and oxygen atoms in total. The fraction of sp³-hybridized carbons (Fsp3) is 0.400. The van der Waals surface area contributed by atoms with E-state index >= 15 is 0 Å². The zero-order chi connectivity index (χ0) is 16.5. The molecule has 0 aliphatic heterocycles. The Labute approximate surface area is 134 Å². The highest BCUT2D eigenvalue weighted by Crippen LogP contribution is 2.25. The number of carbonyl (C=O) groups is 2. The van der Waals surface area contributed by atoms with Gasteiger partial charge in [0.15, 0.2) is 6.61 Å². The summed E-state index contributed by atoms with van der Waals surface area (Å²) in [6.45, 7) is 4.28. The molecule has 0 unspecified atom stereocenters. The minimum absolute atomic E-state index is 0.00631. The van der Waals surface area contributed by atoms with E-state index in [1.54, 1.807) is 13.0 Å². The average molecular weight is 324 g/mol. The van der Waals surface area contributed by atoms with E-state index in [-0.39, 0.29) is 30.0 Å². The van der Waals surface area contributed by atoms with Crippen molar-refractivity contribution >= 4 is 23.4 Å². The first-order valence-corrected chi connectivity index (χ1v) is 7.26. The smallest absolute Gasteiger partial charge is 0.260 e. The van der Waals surface area contributed by atoms with Crippen LogP contribution >= 0.6 is 11.6 Å². The Balaban J connectivity index is 2.60. The minimum Gasteiger partial charge on any atom is -0.482 e. The van der Waals surface area contributed by atoms with E-state index in [4.69, 9.17) is 21.6 Å². The number of rotatable bonds is 7. The number of nitrogens with one attached hydrogen (secondary N) is 1. The first-order valence-electron chi connectivity index (χ1n) is 6.88. The Bertz CT molecular complexity index is 584. The Kier molecular flexibility index (Phi) is 7.20. The second-order valence-electron chi connectivity index (χ2n) is 4.41. The first-order chi connectivity index (χ1) is 10.5. The van der Waals surface area contributed by atoms with E-state index in [0.29, 0.717) is 24.4 Å². The molecule has 118 valence electrons. The Morgan fingerprint density at radius 3 is 2.68 bits per heavy atom. The molecule has 1 aromatic rings. The summed E-state index contributed by atoms with van der Waals surface area (Å²) in [6.07, 6.45) is 0. The van der Waals surface area contributed by atoms with Gasteiger partial charge in [0.2, 0.25) is 5.91 Å². The summed E-state index contributed by atoms with van der Waals surface area (Å²) in [6, 6.07) is 6.52. The number of likely N-dealkylation sites (N-methyl/N-ethyl adjacent to an activating group) is 2. The van der Waals surface area contributed by atoms with E-state index in [2.05, 4.69) is 5.32 Å². The summed E-state index contributed by atoms with van der Waals surface area (Å²) in [5.74, 6) is -0.202. The molecule has 1 rings (SSSR count). The van der Waals surface area contributed by atoms with Gasteiger partial charge in [-0.05, 0) is 32.0 Å². The van der Waals surface area contributed by atoms with Gasteiger partial charge in [-0.1, -0.05) is 11.6 Å². The van der Waals surface area contributed by atoms with Gasteiger partial charge in [0.05, 0.1) is 23.2 Å². The molecule has 1 aromatic carbocycles. The number of amides is 2. The standard InChI is InChI=1S/C15H18ClN3O3/c1-3-18-14(20)9-19(4-2)15(21)10-22-13-6-5-11(8-17)7-12(13)16/h5-7H,3-4,9-10H2,1-2H3,(H,18,20). The minimum atomic E-state index is -0.311. The number of hydrogen-bond acceptors (Lipinski definition) is 4. The highest BCUT2D eigenvalue weighted by atomic mass is 35.5. The third-order valence-electron chi connectivity index (χ3n) is 2.85. The molecule has 1 N–H and O–H groups in total. The number of ether oxygens (including phenoxy) is 1. The van der Waals surface area contributed by atoms with E-state index in [1.165, 1.54) is 17.0 Å². The van der Waals surface area contributed by atoms with Crippen molar-refractivity contribution in [3.8, 4) is 11.8 Å². The second-order valence-corrected chi connectivity index (χ2v) is 4.81. The normalized spacial score (nSPS) is 9.73. The lowest BCUT2D eigenvalue weighted by Gasteiger charge is -2.20. The summed E-state index contributed by atoms with van der Waals surface area (Å²) >= 11 is 5.97. The van der Waals surface area contributed by atoms with Crippen molar-refractivity contribution in [2.24, 2.45) is 0 Å². The maximum atomic E-state index is 12.0. The van der Waals surface area contributed by atoms with E-state index < -0.39 is 0 Å². The van der Waals surface area contributed by atoms with Crippen LogP contribution in [-0.2, 0) is 9.59 Å². The van der Waals surface area contributed by atoms with E-state index in [1.807, 2.05) is 13.0 Å². The molecule has 0 radical (unpaired) electrons. The maximum absolute atomic E-state index is 12.0. The number of carbonyl (C=O) groups excluding carboxylic acids is 2. The number of hydrogen-bond donors (Lipinski definition) is 1. The fourth-order valence-corrected chi connectivity index (χ4v) is 1.96. The van der Waals surface area contributed by atoms with Gasteiger partial charge in [-0.3, -0.25) is 9.59 Å². The summed E-state index contributed by atoms with van der Waals surface area (Å²) < 4.78 is 5.36. The number of benzene rings is 1.